The molecule has 0 amide bonds. The van der Waals surface area contributed by atoms with Gasteiger partial charge in [-0.3, -0.25) is 4.79 Å². The largest absolute Gasteiger partial charge is 0.436 e. The van der Waals surface area contributed by atoms with Crippen molar-refractivity contribution in [3.63, 3.8) is 0 Å². The van der Waals surface area contributed by atoms with Crippen LogP contribution in [0.3, 0.4) is 0 Å². The van der Waals surface area contributed by atoms with Gasteiger partial charge >= 0.3 is 0 Å². The molecule has 184 valence electrons. The molecule has 0 saturated heterocycles. The van der Waals surface area contributed by atoms with E-state index in [-0.39, 0.29) is 33.0 Å². The zero-order valence-corrected chi connectivity index (χ0v) is 21.5. The van der Waals surface area contributed by atoms with Crippen LogP contribution in [0.25, 0.3) is 10.8 Å². The second-order valence-electron chi connectivity index (χ2n) is 8.37. The molecule has 0 spiro atoms. The Balaban J connectivity index is 1.76. The number of aryl methyl sites for hydroxylation is 1. The Labute approximate surface area is 214 Å². The average Bonchev–Trinajstić information content (AvgIpc) is 2.84. The van der Waals surface area contributed by atoms with E-state index in [1.165, 1.54) is 24.5 Å². The maximum atomic E-state index is 13.2. The zero-order valence-electron chi connectivity index (χ0n) is 20.0. The van der Waals surface area contributed by atoms with Crippen molar-refractivity contribution < 1.29 is 17.9 Å². The number of sulfone groups is 1. The van der Waals surface area contributed by atoms with Gasteiger partial charge in [0, 0.05) is 44.2 Å². The molecule has 0 fully saturated rings. The van der Waals surface area contributed by atoms with E-state index in [9.17, 15) is 13.2 Å². The lowest BCUT2D eigenvalue weighted by molar-refractivity contribution is 0.103. The van der Waals surface area contributed by atoms with E-state index in [2.05, 4.69) is 9.97 Å². The number of benzene rings is 3. The molecule has 3 aromatic carbocycles. The standard InChI is InChI=1S/C27H24ClN3O4S/c1-18-11-12-20-19(17-36(33,34)24-10-5-4-9-22(24)28)7-6-8-21(20)26(18)35-27-25(29-14-15-30-27)23(32)13-16-31(2)3/h4-16H,17H2,1-3H3/b16-13-. The number of halogens is 1. The molecular weight excluding hydrogens is 498 g/mol. The number of aromatic nitrogens is 2. The number of hydrogen-bond acceptors (Lipinski definition) is 7. The molecular formula is C27H24ClN3O4S. The maximum absolute atomic E-state index is 13.2. The smallest absolute Gasteiger partial charge is 0.249 e. The molecule has 1 aromatic heterocycles. The summed E-state index contributed by atoms with van der Waals surface area (Å²) in [6, 6.07) is 15.5. The van der Waals surface area contributed by atoms with E-state index in [4.69, 9.17) is 16.3 Å². The van der Waals surface area contributed by atoms with Crippen LogP contribution in [0.4, 0.5) is 0 Å². The number of fused-ring (bicyclic) bond motifs is 1. The first-order valence-corrected chi connectivity index (χ1v) is 13.1. The molecule has 0 N–H and O–H groups in total. The number of hydrogen-bond donors (Lipinski definition) is 0. The lowest BCUT2D eigenvalue weighted by Crippen LogP contribution is -2.07. The molecule has 0 aliphatic carbocycles. The molecule has 9 heteroatoms. The molecule has 0 bridgehead atoms. The quantitative estimate of drug-likeness (QED) is 0.220. The molecule has 0 saturated carbocycles. The van der Waals surface area contributed by atoms with E-state index in [1.807, 2.05) is 25.1 Å². The van der Waals surface area contributed by atoms with Gasteiger partial charge in [-0.15, -0.1) is 0 Å². The van der Waals surface area contributed by atoms with Gasteiger partial charge in [0.2, 0.25) is 11.7 Å². The number of rotatable bonds is 8. The van der Waals surface area contributed by atoms with Crippen molar-refractivity contribution in [2.75, 3.05) is 14.1 Å². The van der Waals surface area contributed by atoms with E-state index < -0.39 is 9.84 Å². The minimum Gasteiger partial charge on any atom is -0.436 e. The van der Waals surface area contributed by atoms with Crippen molar-refractivity contribution >= 4 is 38.0 Å². The van der Waals surface area contributed by atoms with Crippen LogP contribution in [0, 0.1) is 6.92 Å². The summed E-state index contributed by atoms with van der Waals surface area (Å²) in [5.74, 6) is -0.0525. The van der Waals surface area contributed by atoms with Crippen LogP contribution in [0.1, 0.15) is 21.6 Å². The number of ketones is 1. The highest BCUT2D eigenvalue weighted by Crippen LogP contribution is 2.36. The fourth-order valence-corrected chi connectivity index (χ4v) is 5.66. The minimum atomic E-state index is -3.70. The molecule has 0 atom stereocenters. The predicted molar refractivity (Wildman–Crippen MR) is 140 cm³/mol. The molecule has 4 aromatic rings. The fraction of sp³-hybridized carbons (Fsp3) is 0.148. The predicted octanol–water partition coefficient (Wildman–Crippen LogP) is 5.62. The van der Waals surface area contributed by atoms with Crippen LogP contribution in [0.15, 0.2) is 84.2 Å². The topological polar surface area (TPSA) is 89.5 Å². The van der Waals surface area contributed by atoms with Crippen molar-refractivity contribution in [2.24, 2.45) is 0 Å². The second-order valence-corrected chi connectivity index (χ2v) is 10.7. The van der Waals surface area contributed by atoms with Gasteiger partial charge in [0.05, 0.1) is 15.7 Å². The van der Waals surface area contributed by atoms with Crippen molar-refractivity contribution in [1.29, 1.82) is 0 Å². The Morgan fingerprint density at radius 1 is 1.00 bits per heavy atom. The second kappa shape index (κ2) is 10.5. The van der Waals surface area contributed by atoms with Crippen LogP contribution in [0.5, 0.6) is 11.6 Å². The van der Waals surface area contributed by atoms with Crippen molar-refractivity contribution in [3.05, 3.63) is 101 Å². The van der Waals surface area contributed by atoms with Crippen molar-refractivity contribution in [1.82, 2.24) is 14.9 Å². The van der Waals surface area contributed by atoms with E-state index in [0.29, 0.717) is 22.1 Å². The van der Waals surface area contributed by atoms with Gasteiger partial charge in [-0.05, 0) is 35.6 Å². The molecule has 7 nitrogen and oxygen atoms in total. The molecule has 1 heterocycles. The summed E-state index contributed by atoms with van der Waals surface area (Å²) in [6.07, 6.45) is 5.89. The molecule has 0 aliphatic rings. The molecule has 36 heavy (non-hydrogen) atoms. The highest BCUT2D eigenvalue weighted by molar-refractivity contribution is 7.90. The maximum Gasteiger partial charge on any atom is 0.249 e. The Morgan fingerprint density at radius 2 is 1.75 bits per heavy atom. The van der Waals surface area contributed by atoms with Crippen LogP contribution < -0.4 is 4.74 Å². The molecule has 0 unspecified atom stereocenters. The van der Waals surface area contributed by atoms with Gasteiger partial charge in [-0.2, -0.15) is 0 Å². The van der Waals surface area contributed by atoms with E-state index in [1.54, 1.807) is 55.5 Å². The SMILES string of the molecule is Cc1ccc2c(CS(=O)(=O)c3ccccc3Cl)cccc2c1Oc1nccnc1C(=O)/C=C\N(C)C. The highest BCUT2D eigenvalue weighted by Gasteiger charge is 2.21. The molecule has 4 rings (SSSR count). The van der Waals surface area contributed by atoms with Gasteiger partial charge < -0.3 is 9.64 Å². The van der Waals surface area contributed by atoms with E-state index >= 15 is 0 Å². The number of ether oxygens (including phenoxy) is 1. The van der Waals surface area contributed by atoms with Gasteiger partial charge in [0.15, 0.2) is 15.5 Å². The van der Waals surface area contributed by atoms with Gasteiger partial charge in [0.25, 0.3) is 0 Å². The Bertz CT molecular complexity index is 1580. The first-order chi connectivity index (χ1) is 17.2. The lowest BCUT2D eigenvalue weighted by Gasteiger charge is -2.15. The summed E-state index contributed by atoms with van der Waals surface area (Å²) in [4.78, 5) is 22.9. The third kappa shape index (κ3) is 5.40. The fourth-order valence-electron chi connectivity index (χ4n) is 3.71. The highest BCUT2D eigenvalue weighted by atomic mass is 35.5. The summed E-state index contributed by atoms with van der Waals surface area (Å²) in [7, 11) is -0.0872. The van der Waals surface area contributed by atoms with Crippen LogP contribution in [-0.4, -0.2) is 43.2 Å². The number of carbonyl (C=O) groups is 1. The van der Waals surface area contributed by atoms with Gasteiger partial charge in [-0.25, -0.2) is 18.4 Å². The average molecular weight is 522 g/mol. The summed E-state index contributed by atoms with van der Waals surface area (Å²) in [5.41, 5.74) is 1.47. The Kier molecular flexibility index (Phi) is 7.37. The van der Waals surface area contributed by atoms with Crippen LogP contribution >= 0.6 is 11.6 Å². The number of nitrogens with zero attached hydrogens (tertiary/aromatic N) is 3. The first-order valence-electron chi connectivity index (χ1n) is 11.0. The number of allylic oxidation sites excluding steroid dienone is 1. The first kappa shape index (κ1) is 25.3. The normalized spacial score (nSPS) is 11.7. The Morgan fingerprint density at radius 3 is 2.50 bits per heavy atom. The third-order valence-corrected chi connectivity index (χ3v) is 7.60. The zero-order chi connectivity index (χ0) is 25.9. The number of carbonyl (C=O) groups excluding carboxylic acids is 1. The third-order valence-electron chi connectivity index (χ3n) is 5.44. The van der Waals surface area contributed by atoms with E-state index in [0.717, 1.165) is 5.56 Å². The van der Waals surface area contributed by atoms with Crippen molar-refractivity contribution in [2.45, 2.75) is 17.6 Å². The summed E-state index contributed by atoms with van der Waals surface area (Å²) < 4.78 is 32.5. The van der Waals surface area contributed by atoms with Crippen molar-refractivity contribution in [3.8, 4) is 11.6 Å². The monoisotopic (exact) mass is 521 g/mol. The Hall–Kier alpha value is -3.75. The van der Waals surface area contributed by atoms with Gasteiger partial charge in [-0.1, -0.05) is 54.1 Å². The van der Waals surface area contributed by atoms with Crippen LogP contribution in [0.2, 0.25) is 5.02 Å². The summed E-state index contributed by atoms with van der Waals surface area (Å²) in [5, 5.41) is 1.58. The summed E-state index contributed by atoms with van der Waals surface area (Å²) >= 11 is 6.16. The minimum absolute atomic E-state index is 0.0654. The molecule has 0 radical (unpaired) electrons. The summed E-state index contributed by atoms with van der Waals surface area (Å²) in [6.45, 7) is 1.87. The lowest BCUT2D eigenvalue weighted by atomic mass is 10.0. The molecule has 0 aliphatic heterocycles. The van der Waals surface area contributed by atoms with Gasteiger partial charge in [0.1, 0.15) is 5.75 Å². The van der Waals surface area contributed by atoms with Crippen LogP contribution in [-0.2, 0) is 15.6 Å².